The Balaban J connectivity index is 1.34. The minimum atomic E-state index is 0.131. The van der Waals surface area contributed by atoms with Gasteiger partial charge in [0.05, 0.1) is 6.33 Å². The van der Waals surface area contributed by atoms with Gasteiger partial charge in [0.15, 0.2) is 28.5 Å². The van der Waals surface area contributed by atoms with Crippen LogP contribution in [0.1, 0.15) is 19.9 Å². The Hall–Kier alpha value is -4.60. The lowest BCUT2D eigenvalue weighted by Crippen LogP contribution is -2.07. The van der Waals surface area contributed by atoms with E-state index in [1.165, 1.54) is 0 Å². The van der Waals surface area contributed by atoms with E-state index in [9.17, 15) is 0 Å². The van der Waals surface area contributed by atoms with E-state index in [1.54, 1.807) is 18.9 Å². The van der Waals surface area contributed by atoms with Gasteiger partial charge in [0.1, 0.15) is 6.33 Å². The Morgan fingerprint density at radius 3 is 2.56 bits per heavy atom. The van der Waals surface area contributed by atoms with Crippen molar-refractivity contribution in [1.82, 2.24) is 29.1 Å². The maximum Gasteiger partial charge on any atom is 0.231 e. The van der Waals surface area contributed by atoms with E-state index in [-0.39, 0.29) is 12.8 Å². The summed E-state index contributed by atoms with van der Waals surface area (Å²) in [4.78, 5) is 17.9. The van der Waals surface area contributed by atoms with E-state index >= 15 is 0 Å². The molecule has 2 N–H and O–H groups in total. The first kappa shape index (κ1) is 20.0. The Morgan fingerprint density at radius 1 is 0.941 bits per heavy atom. The number of nitrogens with one attached hydrogen (secondary N) is 2. The van der Waals surface area contributed by atoms with Crippen LogP contribution in [0.3, 0.4) is 0 Å². The number of anilines is 4. The van der Waals surface area contributed by atoms with Gasteiger partial charge >= 0.3 is 0 Å². The maximum absolute atomic E-state index is 5.49. The van der Waals surface area contributed by atoms with Gasteiger partial charge in [-0.3, -0.25) is 4.57 Å². The van der Waals surface area contributed by atoms with Crippen LogP contribution in [0.25, 0.3) is 16.9 Å². The van der Waals surface area contributed by atoms with Crippen LogP contribution in [0, 0.1) is 0 Å². The zero-order chi connectivity index (χ0) is 23.1. The summed E-state index contributed by atoms with van der Waals surface area (Å²) < 4.78 is 14.9. The summed E-state index contributed by atoms with van der Waals surface area (Å²) in [5.41, 5.74) is 4.19. The number of hydrogen-bond acceptors (Lipinski definition) is 8. The minimum absolute atomic E-state index is 0.131. The van der Waals surface area contributed by atoms with Crippen LogP contribution in [0.4, 0.5) is 23.1 Å². The van der Waals surface area contributed by atoms with Crippen molar-refractivity contribution in [2.45, 2.75) is 19.9 Å². The Labute approximate surface area is 195 Å². The molecule has 170 valence electrons. The van der Waals surface area contributed by atoms with Crippen molar-refractivity contribution >= 4 is 34.3 Å². The van der Waals surface area contributed by atoms with Crippen molar-refractivity contribution < 1.29 is 9.47 Å². The van der Waals surface area contributed by atoms with E-state index < -0.39 is 0 Å². The highest BCUT2D eigenvalue weighted by atomic mass is 16.7. The Bertz CT molecular complexity index is 1460. The zero-order valence-corrected chi connectivity index (χ0v) is 18.6. The molecule has 34 heavy (non-hydrogen) atoms. The van der Waals surface area contributed by atoms with Gasteiger partial charge in [-0.05, 0) is 50.2 Å². The van der Waals surface area contributed by atoms with E-state index in [1.807, 2.05) is 53.2 Å². The lowest BCUT2D eigenvalue weighted by molar-refractivity contribution is 0.174. The highest BCUT2D eigenvalue weighted by Crippen LogP contribution is 2.36. The second-order valence-electron chi connectivity index (χ2n) is 8.13. The molecule has 0 spiro atoms. The van der Waals surface area contributed by atoms with Crippen LogP contribution < -0.4 is 20.1 Å². The smallest absolute Gasteiger partial charge is 0.231 e. The lowest BCUT2D eigenvalue weighted by Gasteiger charge is -2.14. The third kappa shape index (κ3) is 3.54. The first-order valence-corrected chi connectivity index (χ1v) is 10.9. The third-order valence-corrected chi connectivity index (χ3v) is 5.55. The predicted octanol–water partition coefficient (Wildman–Crippen LogP) is 4.81. The van der Waals surface area contributed by atoms with Gasteiger partial charge in [-0.1, -0.05) is 0 Å². The number of imidazole rings is 2. The van der Waals surface area contributed by atoms with Crippen molar-refractivity contribution in [3.63, 3.8) is 0 Å². The van der Waals surface area contributed by atoms with Gasteiger partial charge < -0.3 is 24.7 Å². The van der Waals surface area contributed by atoms with E-state index in [0.29, 0.717) is 23.0 Å². The molecule has 6 rings (SSSR count). The van der Waals surface area contributed by atoms with Gasteiger partial charge in [0.2, 0.25) is 12.7 Å². The molecule has 0 unspecified atom stereocenters. The van der Waals surface area contributed by atoms with Gasteiger partial charge in [-0.2, -0.15) is 0 Å². The van der Waals surface area contributed by atoms with Gasteiger partial charge in [-0.15, -0.1) is 0 Å². The van der Waals surface area contributed by atoms with Crippen molar-refractivity contribution in [2.75, 3.05) is 17.4 Å². The van der Waals surface area contributed by atoms with Crippen molar-refractivity contribution in [3.8, 4) is 17.2 Å². The number of rotatable bonds is 6. The highest BCUT2D eigenvalue weighted by molar-refractivity contribution is 5.88. The number of benzene rings is 2. The average molecular weight is 454 g/mol. The molecule has 0 fully saturated rings. The van der Waals surface area contributed by atoms with E-state index in [4.69, 9.17) is 14.5 Å². The third-order valence-electron chi connectivity index (χ3n) is 5.55. The molecule has 0 radical (unpaired) electrons. The maximum atomic E-state index is 5.49. The number of fused-ring (bicyclic) bond motifs is 2. The van der Waals surface area contributed by atoms with Gasteiger partial charge in [0.25, 0.3) is 0 Å². The first-order valence-electron chi connectivity index (χ1n) is 10.9. The summed E-state index contributed by atoms with van der Waals surface area (Å²) in [6, 6.07) is 13.9. The van der Waals surface area contributed by atoms with E-state index in [0.717, 1.165) is 28.5 Å². The number of hydrogen-bond donors (Lipinski definition) is 2. The molecule has 1 aliphatic rings. The lowest BCUT2D eigenvalue weighted by atomic mass is 10.2. The summed E-state index contributed by atoms with van der Waals surface area (Å²) in [7, 11) is 0. The molecule has 4 heterocycles. The molecular formula is C24H22N8O2. The molecule has 1 aliphatic heterocycles. The summed E-state index contributed by atoms with van der Waals surface area (Å²) in [5, 5.41) is 6.78. The second-order valence-corrected chi connectivity index (χ2v) is 8.13. The normalized spacial score (nSPS) is 12.4. The quantitative estimate of drug-likeness (QED) is 0.377. The largest absolute Gasteiger partial charge is 0.454 e. The van der Waals surface area contributed by atoms with Crippen LogP contribution in [0.5, 0.6) is 11.5 Å². The predicted molar refractivity (Wildman–Crippen MR) is 128 cm³/mol. The summed E-state index contributed by atoms with van der Waals surface area (Å²) >= 11 is 0. The molecule has 0 bridgehead atoms. The number of aromatic nitrogens is 6. The molecule has 0 atom stereocenters. The van der Waals surface area contributed by atoms with Gasteiger partial charge in [0, 0.05) is 41.6 Å². The average Bonchev–Trinajstić information content (AvgIpc) is 3.59. The van der Waals surface area contributed by atoms with Crippen molar-refractivity contribution in [1.29, 1.82) is 0 Å². The van der Waals surface area contributed by atoms with Crippen molar-refractivity contribution in [3.05, 3.63) is 67.5 Å². The van der Waals surface area contributed by atoms with Crippen LogP contribution >= 0.6 is 0 Å². The minimum Gasteiger partial charge on any atom is -0.454 e. The standard InChI is InChI=1S/C24H22N8O2/c1-15(2)32-23-21(22(26-12-27-23)28-17-5-8-19-20(11-17)34-14-33-19)30-24(32)29-16-3-6-18(7-4-16)31-10-9-25-13-31/h3-13,15H,14H2,1-2H3,(H,29,30)(H,26,27,28). The molecule has 0 aliphatic carbocycles. The molecule has 2 aromatic carbocycles. The Kier molecular flexibility index (Phi) is 4.76. The topological polar surface area (TPSA) is 104 Å². The molecular weight excluding hydrogens is 432 g/mol. The monoisotopic (exact) mass is 454 g/mol. The van der Waals surface area contributed by atoms with Crippen LogP contribution in [-0.2, 0) is 0 Å². The summed E-state index contributed by atoms with van der Waals surface area (Å²) in [6.45, 7) is 4.43. The molecule has 0 amide bonds. The van der Waals surface area contributed by atoms with Crippen LogP contribution in [0.15, 0.2) is 67.5 Å². The van der Waals surface area contributed by atoms with E-state index in [2.05, 4.69) is 44.0 Å². The fraction of sp³-hybridized carbons (Fsp3) is 0.167. The molecule has 10 heteroatoms. The summed E-state index contributed by atoms with van der Waals surface area (Å²) in [6.07, 6.45) is 6.98. The Morgan fingerprint density at radius 2 is 1.76 bits per heavy atom. The van der Waals surface area contributed by atoms with Crippen LogP contribution in [-0.4, -0.2) is 35.9 Å². The zero-order valence-electron chi connectivity index (χ0n) is 18.6. The second kappa shape index (κ2) is 8.07. The highest BCUT2D eigenvalue weighted by Gasteiger charge is 2.19. The fourth-order valence-corrected chi connectivity index (χ4v) is 3.95. The molecule has 3 aromatic heterocycles. The SMILES string of the molecule is CC(C)n1c(Nc2ccc(-n3ccnc3)cc2)nc2c(Nc3ccc4c(c3)OCO4)ncnc21. The van der Waals surface area contributed by atoms with Crippen LogP contribution in [0.2, 0.25) is 0 Å². The molecule has 5 aromatic rings. The fourth-order valence-electron chi connectivity index (χ4n) is 3.95. The molecule has 0 saturated heterocycles. The van der Waals surface area contributed by atoms with Gasteiger partial charge in [-0.25, -0.2) is 19.9 Å². The molecule has 0 saturated carbocycles. The first-order chi connectivity index (χ1) is 16.7. The summed E-state index contributed by atoms with van der Waals surface area (Å²) in [5.74, 6) is 2.73. The molecule has 10 nitrogen and oxygen atoms in total. The van der Waals surface area contributed by atoms with Crippen molar-refractivity contribution in [2.24, 2.45) is 0 Å². The number of nitrogens with zero attached hydrogens (tertiary/aromatic N) is 6. The number of ether oxygens (including phenoxy) is 2.